The molecule has 1 saturated carbocycles. The van der Waals surface area contributed by atoms with Crippen LogP contribution in [0.5, 0.6) is 17.4 Å². The average Bonchev–Trinajstić information content (AvgIpc) is 3.65. The molecule has 2 aromatic heterocycles. The van der Waals surface area contributed by atoms with Crippen LogP contribution in [0.15, 0.2) is 36.4 Å². The molecule has 1 saturated heterocycles. The monoisotopic (exact) mass is 718 g/mol. The van der Waals surface area contributed by atoms with E-state index >= 15 is 0 Å². The first-order valence-electron chi connectivity index (χ1n) is 16.9. The number of aromatic amines is 1. The lowest BCUT2D eigenvalue weighted by Gasteiger charge is -2.37. The maximum atomic E-state index is 14.0. The van der Waals surface area contributed by atoms with Gasteiger partial charge in [-0.3, -0.25) is 9.82 Å². The van der Waals surface area contributed by atoms with Crippen molar-refractivity contribution in [3.05, 3.63) is 64.5 Å². The summed E-state index contributed by atoms with van der Waals surface area (Å²) in [6.07, 6.45) is 0.748. The number of fused-ring (bicyclic) bond motifs is 1. The number of rotatable bonds is 9. The number of aryl methyl sites for hydroxylation is 2. The summed E-state index contributed by atoms with van der Waals surface area (Å²) in [6, 6.07) is 10.6. The average molecular weight is 719 g/mol. The van der Waals surface area contributed by atoms with Crippen molar-refractivity contribution in [2.24, 2.45) is 17.8 Å². The van der Waals surface area contributed by atoms with Crippen LogP contribution in [0.2, 0.25) is 0 Å². The highest BCUT2D eigenvalue weighted by Gasteiger charge is 2.38. The van der Waals surface area contributed by atoms with E-state index in [0.29, 0.717) is 55.0 Å². The molecular formula is C36H42N6O8S. The Morgan fingerprint density at radius 2 is 1.78 bits per heavy atom. The zero-order valence-corrected chi connectivity index (χ0v) is 30.3. The Hall–Kier alpha value is -5.07. The minimum atomic E-state index is -1.95. The zero-order valence-electron chi connectivity index (χ0n) is 29.5. The third-order valence-electron chi connectivity index (χ3n) is 9.36. The minimum Gasteiger partial charge on any atom is -0.496 e. The second-order valence-electron chi connectivity index (χ2n) is 13.3. The summed E-state index contributed by atoms with van der Waals surface area (Å²) in [4.78, 5) is 37.2. The molecule has 4 aromatic rings. The first-order valence-corrected chi connectivity index (χ1v) is 17.9. The molecule has 270 valence electrons. The predicted molar refractivity (Wildman–Crippen MR) is 190 cm³/mol. The van der Waals surface area contributed by atoms with Crippen molar-refractivity contribution in [2.45, 2.75) is 53.6 Å². The first-order chi connectivity index (χ1) is 24.5. The van der Waals surface area contributed by atoms with Gasteiger partial charge in [0.1, 0.15) is 23.2 Å². The Labute approximate surface area is 299 Å². The number of nitrogens with zero attached hydrogens (tertiary/aromatic N) is 4. The number of aromatic nitrogens is 3. The molecule has 2 fully saturated rings. The van der Waals surface area contributed by atoms with E-state index in [1.165, 1.54) is 16.5 Å². The number of benzene rings is 2. The Bertz CT molecular complexity index is 2000. The Kier molecular flexibility index (Phi) is 10.5. The van der Waals surface area contributed by atoms with Gasteiger partial charge in [0.25, 0.3) is 5.69 Å². The van der Waals surface area contributed by atoms with E-state index in [-0.39, 0.29) is 46.5 Å². The molecule has 51 heavy (non-hydrogen) atoms. The molecule has 0 radical (unpaired) electrons. The van der Waals surface area contributed by atoms with Gasteiger partial charge in [-0.25, -0.2) is 23.9 Å². The van der Waals surface area contributed by atoms with Gasteiger partial charge in [-0.2, -0.15) is 4.21 Å². The van der Waals surface area contributed by atoms with Crippen LogP contribution < -0.4 is 18.4 Å². The SMILES string of the molecule is [C-]#[N+]c1c(C(=O)OC2C(C)CC(C)CC2C)c2nc(-c3cc(NS(=O)Oc4cc(C)ccc4C)ccc3OC)[nH]n2c1OC(=O)N1CCOCC1. The smallest absolute Gasteiger partial charge is 0.415 e. The van der Waals surface area contributed by atoms with Gasteiger partial charge in [-0.1, -0.05) is 32.9 Å². The van der Waals surface area contributed by atoms with Gasteiger partial charge in [-0.15, -0.1) is 0 Å². The third-order valence-corrected chi connectivity index (χ3v) is 10.1. The number of anilines is 1. The van der Waals surface area contributed by atoms with Crippen molar-refractivity contribution in [3.63, 3.8) is 0 Å². The lowest BCUT2D eigenvalue weighted by Crippen LogP contribution is -2.42. The molecule has 6 rings (SSSR count). The highest BCUT2D eigenvalue weighted by Crippen LogP contribution is 2.42. The van der Waals surface area contributed by atoms with Gasteiger partial charge in [0, 0.05) is 13.1 Å². The molecular weight excluding hydrogens is 676 g/mol. The van der Waals surface area contributed by atoms with Gasteiger partial charge >= 0.3 is 23.3 Å². The number of carbonyl (C=O) groups is 2. The zero-order chi connectivity index (χ0) is 36.4. The fourth-order valence-corrected chi connectivity index (χ4v) is 7.64. The summed E-state index contributed by atoms with van der Waals surface area (Å²) in [6.45, 7) is 19.5. The van der Waals surface area contributed by atoms with Crippen LogP contribution in [0.4, 0.5) is 16.2 Å². The molecule has 0 bridgehead atoms. The molecule has 3 heterocycles. The van der Waals surface area contributed by atoms with Crippen LogP contribution in [0.1, 0.15) is 55.1 Å². The predicted octanol–water partition coefficient (Wildman–Crippen LogP) is 6.63. The normalized spacial score (nSPS) is 21.1. The summed E-state index contributed by atoms with van der Waals surface area (Å²) < 4.78 is 45.8. The van der Waals surface area contributed by atoms with E-state index in [2.05, 4.69) is 35.4 Å². The summed E-state index contributed by atoms with van der Waals surface area (Å²) in [5.74, 6) is 0.895. The van der Waals surface area contributed by atoms with Gasteiger partial charge < -0.3 is 28.0 Å². The van der Waals surface area contributed by atoms with Crippen LogP contribution in [0.25, 0.3) is 21.9 Å². The quantitative estimate of drug-likeness (QED) is 0.144. The number of nitrogens with one attached hydrogen (secondary N) is 2. The lowest BCUT2D eigenvalue weighted by atomic mass is 9.75. The maximum absolute atomic E-state index is 14.0. The number of ether oxygens (including phenoxy) is 4. The molecule has 1 aliphatic heterocycles. The molecule has 2 aromatic carbocycles. The number of amides is 1. The topological polar surface area (TPSA) is 150 Å². The number of carbonyl (C=O) groups excluding carboxylic acids is 2. The first kappa shape index (κ1) is 35.7. The highest BCUT2D eigenvalue weighted by atomic mass is 32.2. The summed E-state index contributed by atoms with van der Waals surface area (Å²) >= 11 is -1.95. The number of methoxy groups -OCH3 is 1. The molecule has 14 nitrogen and oxygen atoms in total. The standard InChI is InChI=1S/C36H42N6O8S/c1-20-8-9-22(3)28(18-20)50-51(45)40-25-10-11-27(46-7)26(19-25)32-38-33-29(35(43)48-31-23(4)16-21(2)17-24(31)5)30(37-6)34(42(33)39-32)49-36(44)41-12-14-47-15-13-41/h8-11,18-19,21,23-24,31,40H,12-17H2,1-5,7H3,(H,38,39). The molecule has 2 aliphatic rings. The molecule has 1 amide bonds. The second kappa shape index (κ2) is 15.0. The van der Waals surface area contributed by atoms with Crippen LogP contribution >= 0.6 is 0 Å². The van der Waals surface area contributed by atoms with Crippen LogP contribution in [0, 0.1) is 38.2 Å². The summed E-state index contributed by atoms with van der Waals surface area (Å²) in [7, 11) is 1.49. The lowest BCUT2D eigenvalue weighted by molar-refractivity contribution is -0.0249. The molecule has 0 spiro atoms. The minimum absolute atomic E-state index is 0.0394. The van der Waals surface area contributed by atoms with E-state index in [4.69, 9.17) is 34.7 Å². The van der Waals surface area contributed by atoms with Crippen LogP contribution in [0.3, 0.4) is 0 Å². The van der Waals surface area contributed by atoms with Crippen molar-refractivity contribution >= 4 is 40.4 Å². The van der Waals surface area contributed by atoms with Gasteiger partial charge in [0.15, 0.2) is 11.5 Å². The largest absolute Gasteiger partial charge is 0.496 e. The van der Waals surface area contributed by atoms with E-state index in [1.54, 1.807) is 24.3 Å². The Balaban J connectivity index is 1.38. The van der Waals surface area contributed by atoms with Gasteiger partial charge in [0.05, 0.1) is 38.1 Å². The van der Waals surface area contributed by atoms with Gasteiger partial charge in [-0.05, 0) is 79.8 Å². The van der Waals surface area contributed by atoms with E-state index in [0.717, 1.165) is 24.0 Å². The van der Waals surface area contributed by atoms with Crippen LogP contribution in [-0.4, -0.2) is 75.3 Å². The number of hydrogen-bond donors (Lipinski definition) is 2. The van der Waals surface area contributed by atoms with Crippen LogP contribution in [-0.2, 0) is 20.7 Å². The fourth-order valence-electron chi connectivity index (χ4n) is 6.93. The number of esters is 1. The maximum Gasteiger partial charge on any atom is 0.415 e. The number of hydrogen-bond acceptors (Lipinski definition) is 9. The molecule has 3 atom stereocenters. The second-order valence-corrected chi connectivity index (χ2v) is 14.2. The van der Waals surface area contributed by atoms with E-state index in [1.807, 2.05) is 26.0 Å². The van der Waals surface area contributed by atoms with Gasteiger partial charge in [0.2, 0.25) is 5.88 Å². The number of H-pyrrole nitrogens is 1. The molecule has 3 unspecified atom stereocenters. The van der Waals surface area contributed by atoms with Crippen molar-refractivity contribution < 1.29 is 36.9 Å². The van der Waals surface area contributed by atoms with E-state index < -0.39 is 23.3 Å². The van der Waals surface area contributed by atoms with Crippen molar-refractivity contribution in [2.75, 3.05) is 38.1 Å². The number of morpholine rings is 1. The highest BCUT2D eigenvalue weighted by molar-refractivity contribution is 7.82. The third kappa shape index (κ3) is 7.52. The summed E-state index contributed by atoms with van der Waals surface area (Å²) in [5.41, 5.74) is 2.36. The molecule has 15 heteroatoms. The summed E-state index contributed by atoms with van der Waals surface area (Å²) in [5, 5.41) is 3.09. The molecule has 1 aliphatic carbocycles. The Morgan fingerprint density at radius 1 is 1.06 bits per heavy atom. The molecule has 2 N–H and O–H groups in total. The van der Waals surface area contributed by atoms with E-state index in [9.17, 15) is 13.8 Å². The Morgan fingerprint density at radius 3 is 2.47 bits per heavy atom. The van der Waals surface area contributed by atoms with Crippen molar-refractivity contribution in [1.82, 2.24) is 19.5 Å². The fraction of sp³-hybridized carbons (Fsp3) is 0.444. The van der Waals surface area contributed by atoms with Crippen molar-refractivity contribution in [1.29, 1.82) is 0 Å². The van der Waals surface area contributed by atoms with Crippen molar-refractivity contribution in [3.8, 4) is 28.8 Å².